The van der Waals surface area contributed by atoms with Crippen LogP contribution in [-0.2, 0) is 9.59 Å². The van der Waals surface area contributed by atoms with E-state index in [1.54, 1.807) is 0 Å². The molecule has 1 aliphatic heterocycles. The van der Waals surface area contributed by atoms with E-state index in [4.69, 9.17) is 23.2 Å². The third kappa shape index (κ3) is 5.61. The second kappa shape index (κ2) is 8.89. The summed E-state index contributed by atoms with van der Waals surface area (Å²) >= 11 is 12.0. The topological polar surface area (TPSA) is 37.4 Å². The van der Waals surface area contributed by atoms with Gasteiger partial charge < -0.3 is 0 Å². The molecule has 1 heterocycles. The maximum absolute atomic E-state index is 12.1. The number of rotatable bonds is 7. The summed E-state index contributed by atoms with van der Waals surface area (Å²) in [5.41, 5.74) is 0. The fourth-order valence-electron chi connectivity index (χ4n) is 2.45. The molecule has 5 heteroatoms. The van der Waals surface area contributed by atoms with Crippen molar-refractivity contribution in [3.63, 3.8) is 0 Å². The Morgan fingerprint density at radius 2 is 1.80 bits per heavy atom. The van der Waals surface area contributed by atoms with Gasteiger partial charge in [-0.25, -0.2) is 0 Å². The zero-order valence-corrected chi connectivity index (χ0v) is 13.8. The number of nitrogens with zero attached hydrogens (tertiary/aromatic N) is 1. The van der Waals surface area contributed by atoms with Gasteiger partial charge in [-0.1, -0.05) is 62.2 Å². The SMILES string of the molecule is CCCCCCCCC(=O)N1CCCCC(Cl)(Cl)C1=O. The van der Waals surface area contributed by atoms with Gasteiger partial charge in [0, 0.05) is 13.0 Å². The van der Waals surface area contributed by atoms with Crippen LogP contribution in [-0.4, -0.2) is 27.6 Å². The Hall–Kier alpha value is -0.280. The Labute approximate surface area is 132 Å². The Morgan fingerprint density at radius 1 is 1.15 bits per heavy atom. The van der Waals surface area contributed by atoms with Crippen LogP contribution in [0.25, 0.3) is 0 Å². The minimum Gasteiger partial charge on any atom is -0.280 e. The lowest BCUT2D eigenvalue weighted by atomic mass is 10.1. The van der Waals surface area contributed by atoms with Gasteiger partial charge in [-0.3, -0.25) is 14.5 Å². The quantitative estimate of drug-likeness (QED) is 0.513. The number of halogens is 2. The third-order valence-corrected chi connectivity index (χ3v) is 4.43. The molecule has 0 aromatic heterocycles. The summed E-state index contributed by atoms with van der Waals surface area (Å²) in [4.78, 5) is 25.5. The fraction of sp³-hybridized carbons (Fsp3) is 0.867. The normalized spacial score (nSPS) is 18.9. The van der Waals surface area contributed by atoms with Crippen LogP contribution in [0.5, 0.6) is 0 Å². The lowest BCUT2D eigenvalue weighted by Gasteiger charge is -2.24. The Bertz CT molecular complexity index is 332. The van der Waals surface area contributed by atoms with Crippen molar-refractivity contribution in [2.24, 2.45) is 0 Å². The monoisotopic (exact) mass is 321 g/mol. The van der Waals surface area contributed by atoms with E-state index in [2.05, 4.69) is 6.92 Å². The molecule has 0 bridgehead atoms. The van der Waals surface area contributed by atoms with Gasteiger partial charge in [0.25, 0.3) is 5.91 Å². The number of carbonyl (C=O) groups is 2. The molecule has 20 heavy (non-hydrogen) atoms. The van der Waals surface area contributed by atoms with Crippen LogP contribution < -0.4 is 0 Å². The summed E-state index contributed by atoms with van der Waals surface area (Å²) in [6.07, 6.45) is 9.13. The van der Waals surface area contributed by atoms with Crippen molar-refractivity contribution in [1.82, 2.24) is 4.90 Å². The first kappa shape index (κ1) is 17.8. The summed E-state index contributed by atoms with van der Waals surface area (Å²) in [7, 11) is 0. The van der Waals surface area contributed by atoms with Crippen molar-refractivity contribution in [1.29, 1.82) is 0 Å². The van der Waals surface area contributed by atoms with Crippen molar-refractivity contribution in [3.8, 4) is 0 Å². The van der Waals surface area contributed by atoms with Crippen molar-refractivity contribution in [2.45, 2.75) is 75.5 Å². The predicted octanol–water partition coefficient (Wildman–Crippen LogP) is 4.45. The van der Waals surface area contributed by atoms with Crippen molar-refractivity contribution in [2.75, 3.05) is 6.54 Å². The van der Waals surface area contributed by atoms with E-state index in [1.165, 1.54) is 24.2 Å². The molecule has 0 aromatic rings. The molecule has 0 N–H and O–H groups in total. The van der Waals surface area contributed by atoms with Crippen molar-refractivity contribution >= 4 is 35.0 Å². The number of likely N-dealkylation sites (tertiary alicyclic amines) is 1. The van der Waals surface area contributed by atoms with Gasteiger partial charge >= 0.3 is 0 Å². The minimum atomic E-state index is -1.42. The Morgan fingerprint density at radius 3 is 2.50 bits per heavy atom. The van der Waals surface area contributed by atoms with Crippen LogP contribution in [0, 0.1) is 0 Å². The zero-order chi connectivity index (χ0) is 15.0. The van der Waals surface area contributed by atoms with Gasteiger partial charge in [-0.05, 0) is 25.7 Å². The first-order chi connectivity index (χ1) is 9.49. The molecule has 1 aliphatic rings. The van der Waals surface area contributed by atoms with Crippen LogP contribution in [0.2, 0.25) is 0 Å². The first-order valence-corrected chi connectivity index (χ1v) is 8.47. The largest absolute Gasteiger partial charge is 0.280 e. The predicted molar refractivity (Wildman–Crippen MR) is 83.0 cm³/mol. The molecule has 2 amide bonds. The Balaban J connectivity index is 2.36. The highest BCUT2D eigenvalue weighted by Crippen LogP contribution is 2.33. The molecule has 0 aromatic carbocycles. The molecule has 1 saturated heterocycles. The van der Waals surface area contributed by atoms with Gasteiger partial charge in [0.2, 0.25) is 5.91 Å². The average Bonchev–Trinajstić information content (AvgIpc) is 2.54. The second-order valence-electron chi connectivity index (χ2n) is 5.53. The molecule has 116 valence electrons. The summed E-state index contributed by atoms with van der Waals surface area (Å²) in [6, 6.07) is 0. The van der Waals surface area contributed by atoms with Gasteiger partial charge in [-0.2, -0.15) is 0 Å². The number of alkyl halides is 2. The first-order valence-electron chi connectivity index (χ1n) is 7.71. The molecular formula is C15H25Cl2NO2. The molecular weight excluding hydrogens is 297 g/mol. The smallest absolute Gasteiger partial charge is 0.265 e. The van der Waals surface area contributed by atoms with Gasteiger partial charge in [0.15, 0.2) is 4.33 Å². The summed E-state index contributed by atoms with van der Waals surface area (Å²) in [6.45, 7) is 2.63. The summed E-state index contributed by atoms with van der Waals surface area (Å²) in [5, 5.41) is 0. The molecule has 1 rings (SSSR count). The third-order valence-electron chi connectivity index (χ3n) is 3.73. The van der Waals surface area contributed by atoms with Crippen LogP contribution >= 0.6 is 23.2 Å². The molecule has 0 aliphatic carbocycles. The van der Waals surface area contributed by atoms with E-state index < -0.39 is 10.2 Å². The fourth-order valence-corrected chi connectivity index (χ4v) is 2.92. The van der Waals surface area contributed by atoms with Crippen molar-refractivity contribution < 1.29 is 9.59 Å². The van der Waals surface area contributed by atoms with Gasteiger partial charge in [0.1, 0.15) is 0 Å². The molecule has 0 atom stereocenters. The maximum Gasteiger partial charge on any atom is 0.265 e. The van der Waals surface area contributed by atoms with E-state index >= 15 is 0 Å². The minimum absolute atomic E-state index is 0.127. The lowest BCUT2D eigenvalue weighted by molar-refractivity contribution is -0.144. The number of hydrogen-bond donors (Lipinski definition) is 0. The number of hydrogen-bond acceptors (Lipinski definition) is 2. The number of imide groups is 1. The molecule has 0 saturated carbocycles. The summed E-state index contributed by atoms with van der Waals surface area (Å²) in [5.74, 6) is -0.563. The van der Waals surface area contributed by atoms with Crippen LogP contribution in [0.4, 0.5) is 0 Å². The number of carbonyl (C=O) groups excluding carboxylic acids is 2. The highest BCUT2D eigenvalue weighted by molar-refractivity contribution is 6.58. The van der Waals surface area contributed by atoms with E-state index in [1.807, 2.05) is 0 Å². The second-order valence-corrected chi connectivity index (χ2v) is 7.01. The molecule has 0 spiro atoms. The molecule has 0 unspecified atom stereocenters. The van der Waals surface area contributed by atoms with Gasteiger partial charge in [0.05, 0.1) is 0 Å². The average molecular weight is 322 g/mol. The molecule has 1 fully saturated rings. The van der Waals surface area contributed by atoms with Gasteiger partial charge in [-0.15, -0.1) is 0 Å². The van der Waals surface area contributed by atoms with E-state index in [0.29, 0.717) is 19.4 Å². The zero-order valence-electron chi connectivity index (χ0n) is 12.3. The number of unbranched alkanes of at least 4 members (excludes halogenated alkanes) is 5. The van der Waals surface area contributed by atoms with E-state index in [9.17, 15) is 9.59 Å². The highest BCUT2D eigenvalue weighted by Gasteiger charge is 2.40. The maximum atomic E-state index is 12.1. The molecule has 0 radical (unpaired) electrons. The Kier molecular flexibility index (Phi) is 7.90. The van der Waals surface area contributed by atoms with E-state index in [0.717, 1.165) is 32.1 Å². The summed E-state index contributed by atoms with van der Waals surface area (Å²) < 4.78 is -1.42. The van der Waals surface area contributed by atoms with Crippen LogP contribution in [0.15, 0.2) is 0 Å². The number of amides is 2. The van der Waals surface area contributed by atoms with E-state index in [-0.39, 0.29) is 5.91 Å². The van der Waals surface area contributed by atoms with Crippen LogP contribution in [0.1, 0.15) is 71.1 Å². The standard InChI is InChI=1S/C15H25Cl2NO2/c1-2-3-4-5-6-7-10-13(19)18-12-9-8-11-15(16,17)14(18)20/h2-12H2,1H3. The van der Waals surface area contributed by atoms with Crippen LogP contribution in [0.3, 0.4) is 0 Å². The highest BCUT2D eigenvalue weighted by atomic mass is 35.5. The lowest BCUT2D eigenvalue weighted by Crippen LogP contribution is -2.44. The van der Waals surface area contributed by atoms with Crippen molar-refractivity contribution in [3.05, 3.63) is 0 Å². The molecule has 3 nitrogen and oxygen atoms in total.